The number of alkyl halides is 3. The van der Waals surface area contributed by atoms with Gasteiger partial charge in [0, 0.05) is 5.69 Å². The predicted molar refractivity (Wildman–Crippen MR) is 94.6 cm³/mol. The third kappa shape index (κ3) is 5.15. The van der Waals surface area contributed by atoms with E-state index in [0.717, 1.165) is 34.6 Å². The molecule has 0 atom stereocenters. The molecular weight excluding hydrogens is 345 g/mol. The number of ether oxygens (including phenoxy) is 1. The SMILES string of the molecule is Cc1ccc(C)c(OCCNC(=O)Nc2cccc(C(F)(F)F)c2)c1C. The molecule has 2 aromatic rings. The van der Waals surface area contributed by atoms with E-state index in [9.17, 15) is 18.0 Å². The Kier molecular flexibility index (Phi) is 6.13. The second kappa shape index (κ2) is 8.12. The first kappa shape index (κ1) is 19.6. The highest BCUT2D eigenvalue weighted by molar-refractivity contribution is 5.89. The fourth-order valence-electron chi connectivity index (χ4n) is 2.41. The number of amides is 2. The second-order valence-corrected chi connectivity index (χ2v) is 5.96. The summed E-state index contributed by atoms with van der Waals surface area (Å²) < 4.78 is 43.7. The minimum Gasteiger partial charge on any atom is -0.491 e. The number of hydrogen-bond acceptors (Lipinski definition) is 2. The Labute approximate surface area is 150 Å². The molecule has 0 saturated heterocycles. The molecule has 0 saturated carbocycles. The number of hydrogen-bond donors (Lipinski definition) is 2. The number of benzene rings is 2. The Balaban J connectivity index is 1.84. The van der Waals surface area contributed by atoms with Crippen molar-refractivity contribution < 1.29 is 22.7 Å². The summed E-state index contributed by atoms with van der Waals surface area (Å²) in [7, 11) is 0. The van der Waals surface area contributed by atoms with Gasteiger partial charge in [0.15, 0.2) is 0 Å². The molecule has 26 heavy (non-hydrogen) atoms. The highest BCUT2D eigenvalue weighted by atomic mass is 19.4. The largest absolute Gasteiger partial charge is 0.491 e. The van der Waals surface area contributed by atoms with Crippen LogP contribution in [0.3, 0.4) is 0 Å². The lowest BCUT2D eigenvalue weighted by molar-refractivity contribution is -0.137. The van der Waals surface area contributed by atoms with Gasteiger partial charge in [-0.2, -0.15) is 13.2 Å². The molecule has 0 unspecified atom stereocenters. The van der Waals surface area contributed by atoms with Crippen molar-refractivity contribution in [3.63, 3.8) is 0 Å². The van der Waals surface area contributed by atoms with Crippen molar-refractivity contribution in [2.24, 2.45) is 0 Å². The molecule has 0 aliphatic heterocycles. The van der Waals surface area contributed by atoms with Crippen LogP contribution >= 0.6 is 0 Å². The number of anilines is 1. The molecule has 0 fully saturated rings. The molecule has 7 heteroatoms. The van der Waals surface area contributed by atoms with E-state index in [1.165, 1.54) is 12.1 Å². The maximum absolute atomic E-state index is 12.7. The van der Waals surface area contributed by atoms with Crippen LogP contribution in [0, 0.1) is 20.8 Å². The fraction of sp³-hybridized carbons (Fsp3) is 0.316. The maximum atomic E-state index is 12.7. The van der Waals surface area contributed by atoms with Crippen molar-refractivity contribution in [3.8, 4) is 5.75 Å². The summed E-state index contributed by atoms with van der Waals surface area (Å²) in [5.41, 5.74) is 2.41. The minimum atomic E-state index is -4.45. The van der Waals surface area contributed by atoms with E-state index in [1.54, 1.807) is 0 Å². The van der Waals surface area contributed by atoms with Gasteiger partial charge in [0.1, 0.15) is 12.4 Å². The summed E-state index contributed by atoms with van der Waals surface area (Å²) in [6.45, 7) is 6.36. The van der Waals surface area contributed by atoms with Crippen molar-refractivity contribution in [3.05, 3.63) is 58.7 Å². The molecule has 4 nitrogen and oxygen atoms in total. The molecule has 2 aromatic carbocycles. The number of rotatable bonds is 5. The monoisotopic (exact) mass is 366 g/mol. The summed E-state index contributed by atoms with van der Waals surface area (Å²) in [6.07, 6.45) is -4.45. The Morgan fingerprint density at radius 1 is 1.08 bits per heavy atom. The summed E-state index contributed by atoms with van der Waals surface area (Å²) in [5.74, 6) is 0.782. The van der Waals surface area contributed by atoms with Crippen molar-refractivity contribution in [2.45, 2.75) is 26.9 Å². The number of nitrogens with one attached hydrogen (secondary N) is 2. The van der Waals surface area contributed by atoms with Gasteiger partial charge < -0.3 is 15.4 Å². The number of carbonyl (C=O) groups is 1. The number of aryl methyl sites for hydroxylation is 2. The van der Waals surface area contributed by atoms with Crippen LogP contribution in [-0.2, 0) is 6.18 Å². The lowest BCUT2D eigenvalue weighted by Gasteiger charge is -2.14. The zero-order valence-corrected chi connectivity index (χ0v) is 14.8. The fourth-order valence-corrected chi connectivity index (χ4v) is 2.41. The average molecular weight is 366 g/mol. The quantitative estimate of drug-likeness (QED) is 0.745. The van der Waals surface area contributed by atoms with Gasteiger partial charge in [0.2, 0.25) is 0 Å². The first-order chi connectivity index (χ1) is 12.2. The van der Waals surface area contributed by atoms with Gasteiger partial charge in [0.25, 0.3) is 0 Å². The summed E-state index contributed by atoms with van der Waals surface area (Å²) in [5, 5.41) is 4.94. The lowest BCUT2D eigenvalue weighted by atomic mass is 10.1. The van der Waals surface area contributed by atoms with Crippen molar-refractivity contribution in [2.75, 3.05) is 18.5 Å². The first-order valence-electron chi connectivity index (χ1n) is 8.10. The van der Waals surface area contributed by atoms with Gasteiger partial charge in [-0.15, -0.1) is 0 Å². The van der Waals surface area contributed by atoms with Crippen LogP contribution in [-0.4, -0.2) is 19.2 Å². The molecule has 0 aliphatic rings. The van der Waals surface area contributed by atoms with Crippen LogP contribution in [0.1, 0.15) is 22.3 Å². The number of halogens is 3. The molecule has 0 spiro atoms. The zero-order chi connectivity index (χ0) is 19.3. The van der Waals surface area contributed by atoms with E-state index >= 15 is 0 Å². The van der Waals surface area contributed by atoms with Crippen LogP contribution in [0.25, 0.3) is 0 Å². The maximum Gasteiger partial charge on any atom is 0.416 e. The van der Waals surface area contributed by atoms with Crippen molar-refractivity contribution in [1.82, 2.24) is 5.32 Å². The van der Waals surface area contributed by atoms with E-state index in [2.05, 4.69) is 10.6 Å². The normalized spacial score (nSPS) is 11.2. The number of carbonyl (C=O) groups excluding carboxylic acids is 1. The lowest BCUT2D eigenvalue weighted by Crippen LogP contribution is -2.32. The van der Waals surface area contributed by atoms with Gasteiger partial charge in [-0.1, -0.05) is 18.2 Å². The summed E-state index contributed by atoms with van der Waals surface area (Å²) >= 11 is 0. The third-order valence-corrected chi connectivity index (χ3v) is 3.96. The molecule has 0 bridgehead atoms. The molecular formula is C19H21F3N2O2. The summed E-state index contributed by atoms with van der Waals surface area (Å²) in [6, 6.07) is 7.85. The first-order valence-corrected chi connectivity index (χ1v) is 8.10. The molecule has 2 rings (SSSR count). The van der Waals surface area contributed by atoms with E-state index in [4.69, 9.17) is 4.74 Å². The molecule has 0 aromatic heterocycles. The molecule has 0 heterocycles. The Hall–Kier alpha value is -2.70. The van der Waals surface area contributed by atoms with E-state index in [-0.39, 0.29) is 18.8 Å². The molecule has 0 radical (unpaired) electrons. The van der Waals surface area contributed by atoms with Crippen molar-refractivity contribution >= 4 is 11.7 Å². The van der Waals surface area contributed by atoms with Crippen LogP contribution in [0.2, 0.25) is 0 Å². The molecule has 140 valence electrons. The average Bonchev–Trinajstić information content (AvgIpc) is 2.57. The van der Waals surface area contributed by atoms with Crippen LogP contribution in [0.15, 0.2) is 36.4 Å². The topological polar surface area (TPSA) is 50.4 Å². The standard InChI is InChI=1S/C19H21F3N2O2/c1-12-7-8-13(2)17(14(12)3)26-10-9-23-18(25)24-16-6-4-5-15(11-16)19(20,21)22/h4-8,11H,9-10H2,1-3H3,(H2,23,24,25). The van der Waals surface area contributed by atoms with Gasteiger partial charge in [-0.3, -0.25) is 0 Å². The summed E-state index contributed by atoms with van der Waals surface area (Å²) in [4.78, 5) is 11.8. The highest BCUT2D eigenvalue weighted by Crippen LogP contribution is 2.30. The van der Waals surface area contributed by atoms with E-state index in [0.29, 0.717) is 0 Å². The van der Waals surface area contributed by atoms with Crippen LogP contribution in [0.4, 0.5) is 23.7 Å². The van der Waals surface area contributed by atoms with Gasteiger partial charge >= 0.3 is 12.2 Å². The molecule has 0 aliphatic carbocycles. The Morgan fingerprint density at radius 3 is 2.46 bits per heavy atom. The Morgan fingerprint density at radius 2 is 1.77 bits per heavy atom. The van der Waals surface area contributed by atoms with Crippen LogP contribution < -0.4 is 15.4 Å². The number of urea groups is 1. The van der Waals surface area contributed by atoms with E-state index < -0.39 is 17.8 Å². The van der Waals surface area contributed by atoms with Gasteiger partial charge in [-0.25, -0.2) is 4.79 Å². The third-order valence-electron chi connectivity index (χ3n) is 3.96. The minimum absolute atomic E-state index is 0.0728. The highest BCUT2D eigenvalue weighted by Gasteiger charge is 2.30. The van der Waals surface area contributed by atoms with Crippen molar-refractivity contribution in [1.29, 1.82) is 0 Å². The Bertz CT molecular complexity index is 789. The van der Waals surface area contributed by atoms with Gasteiger partial charge in [-0.05, 0) is 55.7 Å². The predicted octanol–water partition coefficient (Wildman–Crippen LogP) is 4.83. The smallest absolute Gasteiger partial charge is 0.416 e. The molecule has 2 N–H and O–H groups in total. The van der Waals surface area contributed by atoms with Gasteiger partial charge in [0.05, 0.1) is 12.1 Å². The van der Waals surface area contributed by atoms with E-state index in [1.807, 2.05) is 32.9 Å². The molecule has 2 amide bonds. The zero-order valence-electron chi connectivity index (χ0n) is 14.8. The second-order valence-electron chi connectivity index (χ2n) is 5.96. The van der Waals surface area contributed by atoms with Crippen LogP contribution in [0.5, 0.6) is 5.75 Å².